The quantitative estimate of drug-likeness (QED) is 0.734. The van der Waals surface area contributed by atoms with Gasteiger partial charge in [-0.15, -0.1) is 0 Å². The minimum atomic E-state index is 0.707. The number of aromatic nitrogens is 3. The second-order valence-electron chi connectivity index (χ2n) is 4.24. The highest BCUT2D eigenvalue weighted by atomic mass is 32.1. The number of H-pyrrole nitrogens is 1. The number of hydrogen-bond acceptors (Lipinski definition) is 3. The average molecular weight is 259 g/mol. The van der Waals surface area contributed by atoms with Gasteiger partial charge in [0.15, 0.2) is 10.4 Å². The first kappa shape index (κ1) is 11.2. The standard InChI is InChI=1S/C13H13N3OS/c1-9-4-6-14-12-11(9)15-13(18)16(12)7-5-10-3-2-8-17-10/h2-4,6,8H,5,7H2,1H3,(H,15,18). The van der Waals surface area contributed by atoms with Gasteiger partial charge in [-0.2, -0.15) is 0 Å². The maximum atomic E-state index is 5.34. The monoisotopic (exact) mass is 259 g/mol. The van der Waals surface area contributed by atoms with Crippen LogP contribution in [0.15, 0.2) is 35.1 Å². The van der Waals surface area contributed by atoms with Gasteiger partial charge < -0.3 is 14.0 Å². The first-order valence-corrected chi connectivity index (χ1v) is 6.23. The lowest BCUT2D eigenvalue weighted by Crippen LogP contribution is -2.01. The molecule has 5 heteroatoms. The maximum absolute atomic E-state index is 5.34. The van der Waals surface area contributed by atoms with Crippen molar-refractivity contribution >= 4 is 23.4 Å². The van der Waals surface area contributed by atoms with Gasteiger partial charge >= 0.3 is 0 Å². The number of aryl methyl sites for hydroxylation is 3. The Labute approximate surface area is 109 Å². The smallest absolute Gasteiger partial charge is 0.179 e. The lowest BCUT2D eigenvalue weighted by atomic mass is 10.3. The van der Waals surface area contributed by atoms with Crippen molar-refractivity contribution in [3.05, 3.63) is 46.8 Å². The summed E-state index contributed by atoms with van der Waals surface area (Å²) in [6.45, 7) is 2.81. The molecule has 4 nitrogen and oxygen atoms in total. The minimum absolute atomic E-state index is 0.707. The van der Waals surface area contributed by atoms with Crippen molar-refractivity contribution in [3.8, 4) is 0 Å². The van der Waals surface area contributed by atoms with Crippen molar-refractivity contribution in [2.24, 2.45) is 0 Å². The van der Waals surface area contributed by atoms with Crippen LogP contribution in [0.2, 0.25) is 0 Å². The molecule has 92 valence electrons. The summed E-state index contributed by atoms with van der Waals surface area (Å²) in [5.41, 5.74) is 3.08. The van der Waals surface area contributed by atoms with E-state index in [9.17, 15) is 0 Å². The molecule has 0 bridgehead atoms. The Kier molecular flexibility index (Phi) is 2.76. The maximum Gasteiger partial charge on any atom is 0.179 e. The Balaban J connectivity index is 1.99. The summed E-state index contributed by atoms with van der Waals surface area (Å²) < 4.78 is 8.05. The molecular formula is C13H13N3OS. The molecule has 0 saturated carbocycles. The number of rotatable bonds is 3. The first-order valence-electron chi connectivity index (χ1n) is 5.82. The van der Waals surface area contributed by atoms with Gasteiger partial charge in [-0.3, -0.25) is 0 Å². The molecule has 1 N–H and O–H groups in total. The van der Waals surface area contributed by atoms with Crippen LogP contribution in [-0.4, -0.2) is 14.5 Å². The number of imidazole rings is 1. The van der Waals surface area contributed by atoms with Gasteiger partial charge in [0.1, 0.15) is 5.76 Å². The lowest BCUT2D eigenvalue weighted by Gasteiger charge is -2.02. The second-order valence-corrected chi connectivity index (χ2v) is 4.62. The van der Waals surface area contributed by atoms with Crippen molar-refractivity contribution in [1.29, 1.82) is 0 Å². The summed E-state index contributed by atoms with van der Waals surface area (Å²) in [7, 11) is 0. The van der Waals surface area contributed by atoms with Crippen LogP contribution < -0.4 is 0 Å². The molecule has 0 fully saturated rings. The van der Waals surface area contributed by atoms with E-state index in [0.29, 0.717) is 4.77 Å². The number of furan rings is 1. The lowest BCUT2D eigenvalue weighted by molar-refractivity contribution is 0.492. The Hall–Kier alpha value is -1.88. The third kappa shape index (κ3) is 1.86. The number of nitrogens with zero attached hydrogens (tertiary/aromatic N) is 2. The second kappa shape index (κ2) is 4.42. The SMILES string of the molecule is Cc1ccnc2c1[nH]c(=S)n2CCc1ccco1. The molecule has 3 aromatic rings. The predicted octanol–water partition coefficient (Wildman–Crippen LogP) is 3.24. The molecule has 0 aliphatic heterocycles. The topological polar surface area (TPSA) is 46.8 Å². The predicted molar refractivity (Wildman–Crippen MR) is 72.1 cm³/mol. The Morgan fingerprint density at radius 3 is 3.11 bits per heavy atom. The highest BCUT2D eigenvalue weighted by Gasteiger charge is 2.08. The molecule has 0 radical (unpaired) electrons. The van der Waals surface area contributed by atoms with Crippen molar-refractivity contribution in [1.82, 2.24) is 14.5 Å². The zero-order chi connectivity index (χ0) is 12.5. The Morgan fingerprint density at radius 2 is 2.33 bits per heavy atom. The molecule has 3 aromatic heterocycles. The van der Waals surface area contributed by atoms with Crippen LogP contribution in [0.5, 0.6) is 0 Å². The van der Waals surface area contributed by atoms with Gasteiger partial charge in [-0.25, -0.2) is 4.98 Å². The van der Waals surface area contributed by atoms with Crippen LogP contribution in [-0.2, 0) is 13.0 Å². The summed E-state index contributed by atoms with van der Waals surface area (Å²) in [6.07, 6.45) is 4.31. The van der Waals surface area contributed by atoms with Gasteiger partial charge in [0, 0.05) is 19.2 Å². The molecule has 0 atom stereocenters. The fraction of sp³-hybridized carbons (Fsp3) is 0.231. The molecule has 0 saturated heterocycles. The molecule has 0 amide bonds. The van der Waals surface area contributed by atoms with Crippen molar-refractivity contribution < 1.29 is 4.42 Å². The molecule has 0 aromatic carbocycles. The summed E-state index contributed by atoms with van der Waals surface area (Å²) in [6, 6.07) is 5.84. The Morgan fingerprint density at radius 1 is 1.44 bits per heavy atom. The van der Waals surface area contributed by atoms with Crippen LogP contribution in [0.4, 0.5) is 0 Å². The number of hydrogen-bond donors (Lipinski definition) is 1. The molecule has 0 aliphatic carbocycles. The van der Waals surface area contributed by atoms with E-state index in [0.717, 1.165) is 35.5 Å². The molecule has 18 heavy (non-hydrogen) atoms. The van der Waals surface area contributed by atoms with Crippen molar-refractivity contribution in [2.75, 3.05) is 0 Å². The molecule has 0 spiro atoms. The summed E-state index contributed by atoms with van der Waals surface area (Å²) in [4.78, 5) is 7.61. The van der Waals surface area contributed by atoms with Crippen molar-refractivity contribution in [3.63, 3.8) is 0 Å². The van der Waals surface area contributed by atoms with Gasteiger partial charge in [-0.1, -0.05) is 0 Å². The Bertz CT molecular complexity index is 724. The van der Waals surface area contributed by atoms with E-state index in [1.165, 1.54) is 0 Å². The highest BCUT2D eigenvalue weighted by molar-refractivity contribution is 7.71. The van der Waals surface area contributed by atoms with Crippen LogP contribution in [0, 0.1) is 11.7 Å². The highest BCUT2D eigenvalue weighted by Crippen LogP contribution is 2.16. The van der Waals surface area contributed by atoms with E-state index in [1.54, 1.807) is 6.26 Å². The molecule has 0 aliphatic rings. The number of aromatic amines is 1. The summed E-state index contributed by atoms with van der Waals surface area (Å²) in [5, 5.41) is 0. The largest absolute Gasteiger partial charge is 0.469 e. The minimum Gasteiger partial charge on any atom is -0.469 e. The fourth-order valence-electron chi connectivity index (χ4n) is 2.06. The van der Waals surface area contributed by atoms with E-state index in [-0.39, 0.29) is 0 Å². The number of pyridine rings is 1. The van der Waals surface area contributed by atoms with Gasteiger partial charge in [0.25, 0.3) is 0 Å². The summed E-state index contributed by atoms with van der Waals surface area (Å²) in [5.74, 6) is 0.957. The van der Waals surface area contributed by atoms with E-state index < -0.39 is 0 Å². The zero-order valence-corrected chi connectivity index (χ0v) is 10.8. The molecule has 3 rings (SSSR count). The molecular weight excluding hydrogens is 246 g/mol. The van der Waals surface area contributed by atoms with E-state index >= 15 is 0 Å². The van der Waals surface area contributed by atoms with Crippen LogP contribution >= 0.6 is 12.2 Å². The van der Waals surface area contributed by atoms with Crippen LogP contribution in [0.25, 0.3) is 11.2 Å². The molecule has 0 unspecified atom stereocenters. The zero-order valence-electron chi connectivity index (χ0n) is 10.0. The van der Waals surface area contributed by atoms with Gasteiger partial charge in [0.2, 0.25) is 0 Å². The fourth-order valence-corrected chi connectivity index (χ4v) is 2.34. The van der Waals surface area contributed by atoms with Crippen molar-refractivity contribution in [2.45, 2.75) is 19.9 Å². The van der Waals surface area contributed by atoms with Crippen LogP contribution in [0.3, 0.4) is 0 Å². The number of nitrogens with one attached hydrogen (secondary N) is 1. The van der Waals surface area contributed by atoms with E-state index in [2.05, 4.69) is 9.97 Å². The van der Waals surface area contributed by atoms with E-state index in [4.69, 9.17) is 16.6 Å². The summed E-state index contributed by atoms with van der Waals surface area (Å²) >= 11 is 5.34. The van der Waals surface area contributed by atoms with Gasteiger partial charge in [-0.05, 0) is 42.9 Å². The van der Waals surface area contributed by atoms with Gasteiger partial charge in [0.05, 0.1) is 11.8 Å². The number of fused-ring (bicyclic) bond motifs is 1. The average Bonchev–Trinajstić information content (AvgIpc) is 2.95. The third-order valence-electron chi connectivity index (χ3n) is 3.03. The molecule has 3 heterocycles. The first-order chi connectivity index (χ1) is 8.75. The van der Waals surface area contributed by atoms with Crippen LogP contribution in [0.1, 0.15) is 11.3 Å². The normalized spacial score (nSPS) is 11.2. The third-order valence-corrected chi connectivity index (χ3v) is 3.36. The van der Waals surface area contributed by atoms with E-state index in [1.807, 2.05) is 35.9 Å².